The highest BCUT2D eigenvalue weighted by Crippen LogP contribution is 2.43. The van der Waals surface area contributed by atoms with Crippen molar-refractivity contribution >= 4 is 11.8 Å². The molecule has 1 aromatic carbocycles. The van der Waals surface area contributed by atoms with Gasteiger partial charge in [0, 0.05) is 12.3 Å². The summed E-state index contributed by atoms with van der Waals surface area (Å²) in [5.41, 5.74) is 5.09. The summed E-state index contributed by atoms with van der Waals surface area (Å²) in [6.45, 7) is 4.26. The van der Waals surface area contributed by atoms with Crippen molar-refractivity contribution in [2.75, 3.05) is 0 Å². The van der Waals surface area contributed by atoms with Crippen LogP contribution in [0.1, 0.15) is 73.6 Å². The predicted octanol–water partition coefficient (Wildman–Crippen LogP) is 4.44. The Bertz CT molecular complexity index is 643. The SMILES string of the molecule is CCc1cc(C)cc(C2CC2)c1CC(=O)[C@H]1CCCCC1C(=O)O. The number of ketones is 1. The van der Waals surface area contributed by atoms with Crippen LogP contribution in [0, 0.1) is 18.8 Å². The molecule has 3 nitrogen and oxygen atoms in total. The number of carbonyl (C=O) groups excluding carboxylic acids is 1. The zero-order valence-electron chi connectivity index (χ0n) is 14.8. The molecule has 0 aromatic heterocycles. The van der Waals surface area contributed by atoms with Gasteiger partial charge in [-0.1, -0.05) is 37.5 Å². The van der Waals surface area contributed by atoms with Crippen LogP contribution in [0.3, 0.4) is 0 Å². The molecular formula is C21H28O3. The van der Waals surface area contributed by atoms with Gasteiger partial charge in [-0.05, 0) is 61.6 Å². The van der Waals surface area contributed by atoms with Crippen LogP contribution < -0.4 is 0 Å². The summed E-state index contributed by atoms with van der Waals surface area (Å²) in [4.78, 5) is 24.5. The van der Waals surface area contributed by atoms with Crippen LogP contribution in [-0.2, 0) is 22.4 Å². The van der Waals surface area contributed by atoms with Crippen LogP contribution in [0.2, 0.25) is 0 Å². The molecule has 2 fully saturated rings. The molecule has 0 amide bonds. The van der Waals surface area contributed by atoms with E-state index in [0.29, 0.717) is 18.8 Å². The highest BCUT2D eigenvalue weighted by atomic mass is 16.4. The smallest absolute Gasteiger partial charge is 0.307 e. The summed E-state index contributed by atoms with van der Waals surface area (Å²) in [6, 6.07) is 4.44. The molecule has 2 aliphatic rings. The number of hydrogen-bond acceptors (Lipinski definition) is 2. The van der Waals surface area contributed by atoms with Crippen LogP contribution in [0.25, 0.3) is 0 Å². The van der Waals surface area contributed by atoms with E-state index >= 15 is 0 Å². The first-order valence-electron chi connectivity index (χ1n) is 9.39. The molecule has 3 heteroatoms. The van der Waals surface area contributed by atoms with E-state index in [-0.39, 0.29) is 11.7 Å². The van der Waals surface area contributed by atoms with Crippen molar-refractivity contribution in [2.24, 2.45) is 11.8 Å². The predicted molar refractivity (Wildman–Crippen MR) is 94.3 cm³/mol. The van der Waals surface area contributed by atoms with E-state index in [9.17, 15) is 14.7 Å². The van der Waals surface area contributed by atoms with Crippen molar-refractivity contribution in [2.45, 2.75) is 71.1 Å². The Kier molecular flexibility index (Phi) is 5.07. The third-order valence-corrected chi connectivity index (χ3v) is 5.77. The minimum Gasteiger partial charge on any atom is -0.481 e. The molecule has 0 saturated heterocycles. The van der Waals surface area contributed by atoms with Gasteiger partial charge in [0.15, 0.2) is 0 Å². The van der Waals surface area contributed by atoms with Crippen molar-refractivity contribution in [3.05, 3.63) is 34.4 Å². The van der Waals surface area contributed by atoms with Crippen LogP contribution in [-0.4, -0.2) is 16.9 Å². The van der Waals surface area contributed by atoms with E-state index in [4.69, 9.17) is 0 Å². The van der Waals surface area contributed by atoms with Gasteiger partial charge in [0.1, 0.15) is 5.78 Å². The molecule has 1 unspecified atom stereocenters. The van der Waals surface area contributed by atoms with Crippen molar-refractivity contribution in [3.8, 4) is 0 Å². The summed E-state index contributed by atoms with van der Waals surface area (Å²) in [6.07, 6.45) is 7.07. The first-order valence-corrected chi connectivity index (χ1v) is 9.39. The van der Waals surface area contributed by atoms with Gasteiger partial charge in [0.2, 0.25) is 0 Å². The summed E-state index contributed by atoms with van der Waals surface area (Å²) in [5, 5.41) is 9.46. The number of carboxylic acids is 1. The van der Waals surface area contributed by atoms with Gasteiger partial charge in [-0.3, -0.25) is 9.59 Å². The molecule has 3 rings (SSSR count). The first-order chi connectivity index (χ1) is 11.5. The Morgan fingerprint density at radius 2 is 1.75 bits per heavy atom. The minimum absolute atomic E-state index is 0.141. The monoisotopic (exact) mass is 328 g/mol. The standard InChI is InChI=1S/C21H28O3/c1-3-14-10-13(2)11-18(15-8-9-15)19(14)12-20(22)16-6-4-5-7-17(16)21(23)24/h10-11,15-17H,3-9,12H2,1-2H3,(H,23,24)/t16-,17?/m0/s1. The number of Topliss-reactive ketones (excluding diaryl/α,β-unsaturated/α-hetero) is 1. The molecule has 1 aromatic rings. The number of hydrogen-bond donors (Lipinski definition) is 1. The topological polar surface area (TPSA) is 54.4 Å². The molecule has 0 spiro atoms. The van der Waals surface area contributed by atoms with Gasteiger partial charge in [0.25, 0.3) is 0 Å². The van der Waals surface area contributed by atoms with Crippen LogP contribution in [0.5, 0.6) is 0 Å². The molecule has 130 valence electrons. The second kappa shape index (κ2) is 7.08. The van der Waals surface area contributed by atoms with E-state index in [1.54, 1.807) is 0 Å². The lowest BCUT2D eigenvalue weighted by atomic mass is 9.75. The largest absolute Gasteiger partial charge is 0.481 e. The number of carbonyl (C=O) groups is 2. The number of benzene rings is 1. The maximum atomic E-state index is 13.0. The van der Waals surface area contributed by atoms with E-state index < -0.39 is 11.9 Å². The lowest BCUT2D eigenvalue weighted by Gasteiger charge is -2.28. The van der Waals surface area contributed by atoms with Crippen molar-refractivity contribution < 1.29 is 14.7 Å². The molecule has 24 heavy (non-hydrogen) atoms. The van der Waals surface area contributed by atoms with E-state index in [0.717, 1.165) is 25.7 Å². The number of rotatable bonds is 6. The molecule has 0 heterocycles. The minimum atomic E-state index is -0.796. The zero-order chi connectivity index (χ0) is 17.3. The van der Waals surface area contributed by atoms with Gasteiger partial charge < -0.3 is 5.11 Å². The van der Waals surface area contributed by atoms with Gasteiger partial charge in [0.05, 0.1) is 5.92 Å². The Morgan fingerprint density at radius 1 is 1.08 bits per heavy atom. The average molecular weight is 328 g/mol. The van der Waals surface area contributed by atoms with Crippen LogP contribution in [0.4, 0.5) is 0 Å². The van der Waals surface area contributed by atoms with Gasteiger partial charge in [-0.15, -0.1) is 0 Å². The highest BCUT2D eigenvalue weighted by molar-refractivity contribution is 5.88. The molecule has 0 radical (unpaired) electrons. The number of aliphatic carboxylic acids is 1. The quantitative estimate of drug-likeness (QED) is 0.840. The highest BCUT2D eigenvalue weighted by Gasteiger charge is 2.36. The van der Waals surface area contributed by atoms with E-state index in [1.807, 2.05) is 0 Å². The summed E-state index contributed by atoms with van der Waals surface area (Å²) in [7, 11) is 0. The number of carboxylic acid groups (broad SMARTS) is 1. The second-order valence-electron chi connectivity index (χ2n) is 7.60. The second-order valence-corrected chi connectivity index (χ2v) is 7.60. The molecule has 0 aliphatic heterocycles. The fourth-order valence-corrected chi connectivity index (χ4v) is 4.33. The van der Waals surface area contributed by atoms with Crippen molar-refractivity contribution in [1.29, 1.82) is 0 Å². The Morgan fingerprint density at radius 3 is 2.33 bits per heavy atom. The van der Waals surface area contributed by atoms with Gasteiger partial charge in [-0.2, -0.15) is 0 Å². The maximum Gasteiger partial charge on any atom is 0.307 e. The molecule has 1 N–H and O–H groups in total. The average Bonchev–Trinajstić information content (AvgIpc) is 3.40. The summed E-state index contributed by atoms with van der Waals surface area (Å²) < 4.78 is 0. The third kappa shape index (κ3) is 3.55. The van der Waals surface area contributed by atoms with Crippen molar-refractivity contribution in [1.82, 2.24) is 0 Å². The normalized spacial score (nSPS) is 23.9. The van der Waals surface area contributed by atoms with E-state index in [1.165, 1.54) is 35.1 Å². The lowest BCUT2D eigenvalue weighted by molar-refractivity contribution is -0.148. The Balaban J connectivity index is 1.87. The Hall–Kier alpha value is -1.64. The molecule has 2 atom stereocenters. The fraction of sp³-hybridized carbons (Fsp3) is 0.619. The van der Waals surface area contributed by atoms with Crippen molar-refractivity contribution in [3.63, 3.8) is 0 Å². The maximum absolute atomic E-state index is 13.0. The van der Waals surface area contributed by atoms with E-state index in [2.05, 4.69) is 26.0 Å². The lowest BCUT2D eigenvalue weighted by Crippen LogP contribution is -2.33. The molecule has 2 saturated carbocycles. The van der Waals surface area contributed by atoms with Crippen LogP contribution >= 0.6 is 0 Å². The third-order valence-electron chi connectivity index (χ3n) is 5.77. The fourth-order valence-electron chi connectivity index (χ4n) is 4.33. The summed E-state index contributed by atoms with van der Waals surface area (Å²) >= 11 is 0. The zero-order valence-corrected chi connectivity index (χ0v) is 14.8. The summed E-state index contributed by atoms with van der Waals surface area (Å²) in [5.74, 6) is -0.822. The molecule has 2 aliphatic carbocycles. The van der Waals surface area contributed by atoms with Gasteiger partial charge >= 0.3 is 5.97 Å². The first kappa shape index (κ1) is 17.2. The molecular weight excluding hydrogens is 300 g/mol. The van der Waals surface area contributed by atoms with Crippen LogP contribution in [0.15, 0.2) is 12.1 Å². The number of aryl methyl sites for hydroxylation is 2. The molecule has 0 bridgehead atoms. The van der Waals surface area contributed by atoms with Gasteiger partial charge in [-0.25, -0.2) is 0 Å². The Labute approximate surface area is 144 Å².